The highest BCUT2D eigenvalue weighted by molar-refractivity contribution is 5.93. The number of aromatic nitrogens is 3. The van der Waals surface area contributed by atoms with Gasteiger partial charge in [-0.05, 0) is 44.0 Å². The van der Waals surface area contributed by atoms with Crippen LogP contribution in [0.2, 0.25) is 0 Å². The number of amides is 1. The highest BCUT2D eigenvalue weighted by Crippen LogP contribution is 2.26. The molecule has 1 aliphatic carbocycles. The minimum Gasteiger partial charge on any atom is -0.494 e. The molecule has 0 atom stereocenters. The van der Waals surface area contributed by atoms with Crippen LogP contribution in [0.1, 0.15) is 35.8 Å². The fourth-order valence-electron chi connectivity index (χ4n) is 2.67. The first kappa shape index (κ1) is 20.4. The van der Waals surface area contributed by atoms with Gasteiger partial charge in [-0.15, -0.1) is 0 Å². The molecule has 0 aliphatic heterocycles. The highest BCUT2D eigenvalue weighted by atomic mass is 19.1. The number of carbonyl (C=O) groups excluding carboxylic acids is 1. The molecule has 0 unspecified atom stereocenters. The first-order valence-electron chi connectivity index (χ1n) is 9.83. The first-order valence-corrected chi connectivity index (χ1v) is 9.83. The summed E-state index contributed by atoms with van der Waals surface area (Å²) in [6, 6.07) is 7.87. The molecule has 1 fully saturated rings. The van der Waals surface area contributed by atoms with E-state index in [-0.39, 0.29) is 17.4 Å². The quantitative estimate of drug-likeness (QED) is 0.442. The Balaban J connectivity index is 1.42. The van der Waals surface area contributed by atoms with Crippen LogP contribution in [-0.4, -0.2) is 39.8 Å². The molecule has 1 aliphatic rings. The van der Waals surface area contributed by atoms with Gasteiger partial charge in [-0.3, -0.25) is 9.78 Å². The van der Waals surface area contributed by atoms with Gasteiger partial charge < -0.3 is 9.47 Å². The van der Waals surface area contributed by atoms with Gasteiger partial charge in [0.25, 0.3) is 5.91 Å². The van der Waals surface area contributed by atoms with E-state index in [1.165, 1.54) is 36.8 Å². The number of benzene rings is 1. The van der Waals surface area contributed by atoms with E-state index in [4.69, 9.17) is 9.47 Å². The van der Waals surface area contributed by atoms with Crippen LogP contribution in [0.25, 0.3) is 11.3 Å². The predicted molar refractivity (Wildman–Crippen MR) is 112 cm³/mol. The summed E-state index contributed by atoms with van der Waals surface area (Å²) >= 11 is 0. The Kier molecular flexibility index (Phi) is 6.11. The van der Waals surface area contributed by atoms with Crippen molar-refractivity contribution in [2.75, 3.05) is 6.61 Å². The van der Waals surface area contributed by atoms with Crippen LogP contribution >= 0.6 is 0 Å². The third kappa shape index (κ3) is 5.39. The Hall–Kier alpha value is -3.88. The minimum absolute atomic E-state index is 0.0662. The van der Waals surface area contributed by atoms with Crippen LogP contribution < -0.4 is 14.9 Å². The lowest BCUT2D eigenvalue weighted by molar-refractivity contribution is 0.0950. The molecule has 2 heterocycles. The van der Waals surface area contributed by atoms with Gasteiger partial charge in [0.15, 0.2) is 0 Å². The molecule has 3 aromatic rings. The molecular weight excluding hydrogens is 401 g/mol. The van der Waals surface area contributed by atoms with E-state index in [9.17, 15) is 9.18 Å². The van der Waals surface area contributed by atoms with Crippen molar-refractivity contribution in [2.24, 2.45) is 5.10 Å². The molecule has 0 radical (unpaired) electrons. The van der Waals surface area contributed by atoms with Gasteiger partial charge in [-0.1, -0.05) is 0 Å². The van der Waals surface area contributed by atoms with Gasteiger partial charge in [-0.2, -0.15) is 5.10 Å². The van der Waals surface area contributed by atoms with Crippen LogP contribution in [-0.2, 0) is 0 Å². The Bertz CT molecular complexity index is 1100. The lowest BCUT2D eigenvalue weighted by atomic mass is 10.2. The van der Waals surface area contributed by atoms with Crippen LogP contribution in [0.4, 0.5) is 4.39 Å². The van der Waals surface area contributed by atoms with Crippen molar-refractivity contribution in [3.05, 3.63) is 66.0 Å². The predicted octanol–water partition coefficient (Wildman–Crippen LogP) is 3.38. The molecule has 1 aromatic carbocycles. The molecule has 158 valence electrons. The largest absolute Gasteiger partial charge is 0.494 e. The van der Waals surface area contributed by atoms with E-state index in [2.05, 4.69) is 25.5 Å². The number of rotatable bonds is 8. The Morgan fingerprint density at radius 2 is 2.13 bits per heavy atom. The standard InChI is InChI=1S/C22H20FN5O3/c1-2-30-17-6-7-18(23)15(9-17)11-26-28-22(29)20-13-24-12-19(27-20)14-3-8-21(25-10-14)31-16-4-5-16/h3,6-13,16H,2,4-5H2,1H3,(H,28,29)/b26-11+. The van der Waals surface area contributed by atoms with Gasteiger partial charge in [0.05, 0.1) is 30.9 Å². The molecule has 8 nitrogen and oxygen atoms in total. The lowest BCUT2D eigenvalue weighted by Crippen LogP contribution is -2.19. The smallest absolute Gasteiger partial charge is 0.291 e. The third-order valence-electron chi connectivity index (χ3n) is 4.36. The zero-order valence-corrected chi connectivity index (χ0v) is 16.8. The Morgan fingerprint density at radius 1 is 1.26 bits per heavy atom. The monoisotopic (exact) mass is 421 g/mol. The van der Waals surface area contributed by atoms with E-state index in [0.717, 1.165) is 12.8 Å². The van der Waals surface area contributed by atoms with E-state index in [0.29, 0.717) is 29.5 Å². The topological polar surface area (TPSA) is 98.6 Å². The van der Waals surface area contributed by atoms with Crippen LogP contribution in [0.15, 0.2) is 54.0 Å². The van der Waals surface area contributed by atoms with Crippen LogP contribution in [0.5, 0.6) is 11.6 Å². The number of hydrogen-bond acceptors (Lipinski definition) is 7. The third-order valence-corrected chi connectivity index (χ3v) is 4.36. The maximum absolute atomic E-state index is 13.9. The van der Waals surface area contributed by atoms with E-state index in [1.54, 1.807) is 12.3 Å². The van der Waals surface area contributed by atoms with Crippen molar-refractivity contribution in [2.45, 2.75) is 25.9 Å². The lowest BCUT2D eigenvalue weighted by Gasteiger charge is -2.06. The number of ether oxygens (including phenoxy) is 2. The molecule has 4 rings (SSSR count). The second-order valence-corrected chi connectivity index (χ2v) is 6.81. The molecule has 1 saturated carbocycles. The van der Waals surface area contributed by atoms with Gasteiger partial charge in [0, 0.05) is 23.4 Å². The second-order valence-electron chi connectivity index (χ2n) is 6.81. The van der Waals surface area contributed by atoms with Gasteiger partial charge in [0.1, 0.15) is 23.4 Å². The summed E-state index contributed by atoms with van der Waals surface area (Å²) in [5.74, 6) is 0.0129. The number of nitrogens with zero attached hydrogens (tertiary/aromatic N) is 4. The first-order chi connectivity index (χ1) is 15.1. The van der Waals surface area contributed by atoms with Crippen LogP contribution in [0, 0.1) is 5.82 Å². The molecule has 2 aromatic heterocycles. The molecule has 31 heavy (non-hydrogen) atoms. The van der Waals surface area contributed by atoms with Crippen molar-refractivity contribution in [1.82, 2.24) is 20.4 Å². The van der Waals surface area contributed by atoms with Crippen molar-refractivity contribution in [1.29, 1.82) is 0 Å². The summed E-state index contributed by atoms with van der Waals surface area (Å²) in [5.41, 5.74) is 3.76. The summed E-state index contributed by atoms with van der Waals surface area (Å²) in [6.07, 6.45) is 8.06. The molecule has 0 spiro atoms. The number of carbonyl (C=O) groups is 1. The minimum atomic E-state index is -0.575. The van der Waals surface area contributed by atoms with Gasteiger partial charge >= 0.3 is 0 Å². The Morgan fingerprint density at radius 3 is 2.87 bits per heavy atom. The number of hydrogen-bond donors (Lipinski definition) is 1. The van der Waals surface area contributed by atoms with Crippen LogP contribution in [0.3, 0.4) is 0 Å². The maximum Gasteiger partial charge on any atom is 0.291 e. The normalized spacial score (nSPS) is 13.2. The number of nitrogens with one attached hydrogen (secondary N) is 1. The second kappa shape index (κ2) is 9.29. The molecule has 1 amide bonds. The molecule has 0 bridgehead atoms. The summed E-state index contributed by atoms with van der Waals surface area (Å²) in [4.78, 5) is 25.0. The summed E-state index contributed by atoms with van der Waals surface area (Å²) in [6.45, 7) is 2.29. The van der Waals surface area contributed by atoms with E-state index in [1.807, 2.05) is 13.0 Å². The van der Waals surface area contributed by atoms with Crippen molar-refractivity contribution < 1.29 is 18.7 Å². The zero-order chi connectivity index (χ0) is 21.6. The van der Waals surface area contributed by atoms with Crippen molar-refractivity contribution in [3.8, 4) is 22.9 Å². The number of pyridine rings is 1. The highest BCUT2D eigenvalue weighted by Gasteiger charge is 2.23. The van der Waals surface area contributed by atoms with Gasteiger partial charge in [-0.25, -0.2) is 19.8 Å². The average Bonchev–Trinajstić information content (AvgIpc) is 3.60. The molecular formula is C22H20FN5O3. The van der Waals surface area contributed by atoms with E-state index < -0.39 is 11.7 Å². The zero-order valence-electron chi connectivity index (χ0n) is 16.8. The Labute approximate surface area is 178 Å². The summed E-state index contributed by atoms with van der Waals surface area (Å²) in [5, 5.41) is 3.81. The number of halogens is 1. The fraction of sp³-hybridized carbons (Fsp3) is 0.227. The molecule has 0 saturated heterocycles. The fourth-order valence-corrected chi connectivity index (χ4v) is 2.67. The molecule has 9 heteroatoms. The SMILES string of the molecule is CCOc1ccc(F)c(/C=N/NC(=O)c2cncc(-c3ccc(OC4CC4)nc3)n2)c1. The number of hydrazone groups is 1. The van der Waals surface area contributed by atoms with Crippen molar-refractivity contribution >= 4 is 12.1 Å². The van der Waals surface area contributed by atoms with Gasteiger partial charge in [0.2, 0.25) is 5.88 Å². The summed E-state index contributed by atoms with van der Waals surface area (Å²) in [7, 11) is 0. The average molecular weight is 421 g/mol. The van der Waals surface area contributed by atoms with Crippen molar-refractivity contribution in [3.63, 3.8) is 0 Å². The van der Waals surface area contributed by atoms with E-state index >= 15 is 0 Å². The molecule has 1 N–H and O–H groups in total. The summed E-state index contributed by atoms with van der Waals surface area (Å²) < 4.78 is 24.9. The maximum atomic E-state index is 13.9.